The molecule has 64 valence electrons. The van der Waals surface area contributed by atoms with Gasteiger partial charge in [0, 0.05) is 6.07 Å². The molecule has 0 saturated heterocycles. The van der Waals surface area contributed by atoms with E-state index in [9.17, 15) is 4.79 Å². The van der Waals surface area contributed by atoms with Crippen molar-refractivity contribution in [3.63, 3.8) is 0 Å². The zero-order valence-electron chi connectivity index (χ0n) is 5.85. The predicted molar refractivity (Wildman–Crippen MR) is 38.5 cm³/mol. The summed E-state index contributed by atoms with van der Waals surface area (Å²) in [4.78, 5) is 10.2. The van der Waals surface area contributed by atoms with Crippen molar-refractivity contribution in [1.82, 2.24) is 0 Å². The van der Waals surface area contributed by atoms with Crippen LogP contribution in [0.3, 0.4) is 0 Å². The number of carbonyl (C=O) groups excluding carboxylic acids is 1. The molecule has 0 amide bonds. The van der Waals surface area contributed by atoms with Crippen molar-refractivity contribution in [2.24, 2.45) is 0 Å². The van der Waals surface area contributed by atoms with Crippen molar-refractivity contribution in [1.29, 1.82) is 0 Å². The van der Waals surface area contributed by atoms with Crippen molar-refractivity contribution in [2.45, 2.75) is 0 Å². The number of hydrogen-bond acceptors (Lipinski definition) is 5. The molecule has 0 unspecified atom stereocenters. The van der Waals surface area contributed by atoms with Crippen LogP contribution in [0, 0.1) is 0 Å². The Hall–Kier alpha value is -1.91. The van der Waals surface area contributed by atoms with Gasteiger partial charge in [0.1, 0.15) is 11.3 Å². The van der Waals surface area contributed by atoms with E-state index in [4.69, 9.17) is 20.4 Å². The van der Waals surface area contributed by atoms with Gasteiger partial charge < -0.3 is 20.4 Å². The number of aromatic hydroxyl groups is 4. The first-order valence-electron chi connectivity index (χ1n) is 3.00. The molecule has 1 aromatic carbocycles. The number of phenolic OH excluding ortho intramolecular Hbond substituents is 4. The van der Waals surface area contributed by atoms with Crippen molar-refractivity contribution in [2.75, 3.05) is 0 Å². The summed E-state index contributed by atoms with van der Waals surface area (Å²) in [5.41, 5.74) is -0.453. The number of carbonyl (C=O) groups is 1. The molecule has 5 nitrogen and oxygen atoms in total. The molecular weight excluding hydrogens is 164 g/mol. The zero-order valence-corrected chi connectivity index (χ0v) is 5.85. The largest absolute Gasteiger partial charge is 0.507 e. The number of aldehydes is 1. The molecule has 5 heteroatoms. The van der Waals surface area contributed by atoms with Gasteiger partial charge in [-0.25, -0.2) is 0 Å². The summed E-state index contributed by atoms with van der Waals surface area (Å²) < 4.78 is 0. The lowest BCUT2D eigenvalue weighted by molar-refractivity contribution is 0.111. The lowest BCUT2D eigenvalue weighted by Crippen LogP contribution is -1.83. The van der Waals surface area contributed by atoms with Crippen molar-refractivity contribution in [3.8, 4) is 23.0 Å². The quantitative estimate of drug-likeness (QED) is 0.276. The summed E-state index contributed by atoms with van der Waals surface area (Å²) in [6.07, 6.45) is 0.170. The summed E-state index contributed by atoms with van der Waals surface area (Å²) in [6, 6.07) is 0.763. The monoisotopic (exact) mass is 170 g/mol. The first-order valence-corrected chi connectivity index (χ1v) is 3.00. The summed E-state index contributed by atoms with van der Waals surface area (Å²) in [7, 11) is 0. The van der Waals surface area contributed by atoms with E-state index in [2.05, 4.69) is 0 Å². The molecule has 0 aliphatic rings. The van der Waals surface area contributed by atoms with Crippen molar-refractivity contribution < 1.29 is 25.2 Å². The van der Waals surface area contributed by atoms with Crippen molar-refractivity contribution >= 4 is 6.29 Å². The molecule has 0 saturated carbocycles. The van der Waals surface area contributed by atoms with Crippen LogP contribution in [-0.4, -0.2) is 26.7 Å². The summed E-state index contributed by atoms with van der Waals surface area (Å²) in [6.45, 7) is 0. The molecule has 0 bridgehead atoms. The van der Waals surface area contributed by atoms with E-state index in [1.807, 2.05) is 0 Å². The van der Waals surface area contributed by atoms with Gasteiger partial charge >= 0.3 is 0 Å². The van der Waals surface area contributed by atoms with Gasteiger partial charge in [0.25, 0.3) is 0 Å². The second-order valence-electron chi connectivity index (χ2n) is 2.14. The average molecular weight is 170 g/mol. The normalized spacial score (nSPS) is 9.67. The maximum atomic E-state index is 10.2. The maximum Gasteiger partial charge on any atom is 0.201 e. The van der Waals surface area contributed by atoms with Gasteiger partial charge in [0.15, 0.2) is 17.8 Å². The molecule has 0 spiro atoms. The van der Waals surface area contributed by atoms with Gasteiger partial charge in [-0.3, -0.25) is 4.79 Å². The molecule has 1 aromatic rings. The Morgan fingerprint density at radius 3 is 2.08 bits per heavy atom. The molecule has 0 aromatic heterocycles. The summed E-state index contributed by atoms with van der Waals surface area (Å²) in [5, 5.41) is 35.6. The smallest absolute Gasteiger partial charge is 0.201 e. The number of benzene rings is 1. The van der Waals surface area contributed by atoms with Crippen LogP contribution in [-0.2, 0) is 0 Å². The first kappa shape index (κ1) is 8.19. The lowest BCUT2D eigenvalue weighted by Gasteiger charge is -2.04. The molecule has 4 N–H and O–H groups in total. The highest BCUT2D eigenvalue weighted by molar-refractivity contribution is 5.86. The Morgan fingerprint density at radius 2 is 1.58 bits per heavy atom. The van der Waals surface area contributed by atoms with Gasteiger partial charge in [-0.05, 0) is 0 Å². The van der Waals surface area contributed by atoms with Crippen LogP contribution in [0.5, 0.6) is 23.0 Å². The predicted octanol–water partition coefficient (Wildman–Crippen LogP) is 0.321. The first-order chi connectivity index (χ1) is 5.57. The molecular formula is C7H6O5. The van der Waals surface area contributed by atoms with Crippen LogP contribution in [0.25, 0.3) is 0 Å². The van der Waals surface area contributed by atoms with E-state index < -0.39 is 28.6 Å². The zero-order chi connectivity index (χ0) is 9.30. The molecule has 0 radical (unpaired) electrons. The van der Waals surface area contributed by atoms with Gasteiger partial charge in [-0.15, -0.1) is 0 Å². The Bertz CT molecular complexity index is 331. The maximum absolute atomic E-state index is 10.2. The minimum atomic E-state index is -0.831. The minimum absolute atomic E-state index is 0.170. The van der Waals surface area contributed by atoms with Gasteiger partial charge in [-0.1, -0.05) is 0 Å². The van der Waals surface area contributed by atoms with E-state index in [0.717, 1.165) is 6.07 Å². The van der Waals surface area contributed by atoms with Crippen LogP contribution in [0.4, 0.5) is 0 Å². The summed E-state index contributed by atoms with van der Waals surface area (Å²) >= 11 is 0. The van der Waals surface area contributed by atoms with E-state index in [0.29, 0.717) is 0 Å². The highest BCUT2D eigenvalue weighted by atomic mass is 16.3. The number of hydrogen-bond donors (Lipinski definition) is 4. The van der Waals surface area contributed by atoms with Crippen LogP contribution in [0.2, 0.25) is 0 Å². The van der Waals surface area contributed by atoms with E-state index in [1.165, 1.54) is 0 Å². The topological polar surface area (TPSA) is 98.0 Å². The molecule has 0 aliphatic carbocycles. The number of rotatable bonds is 1. The minimum Gasteiger partial charge on any atom is -0.507 e. The lowest BCUT2D eigenvalue weighted by atomic mass is 10.1. The van der Waals surface area contributed by atoms with Crippen LogP contribution < -0.4 is 0 Å². The van der Waals surface area contributed by atoms with Gasteiger partial charge in [0.2, 0.25) is 5.75 Å². The van der Waals surface area contributed by atoms with Crippen molar-refractivity contribution in [3.05, 3.63) is 11.6 Å². The Kier molecular flexibility index (Phi) is 1.78. The fourth-order valence-electron chi connectivity index (χ4n) is 0.762. The molecule has 0 aliphatic heterocycles. The average Bonchev–Trinajstić information content (AvgIpc) is 2.01. The Morgan fingerprint density at radius 1 is 1.00 bits per heavy atom. The standard InChI is InChI=1S/C7H6O5/c8-2-3-4(9)1-5(10)7(12)6(3)11/h1-2,9-12H. The van der Waals surface area contributed by atoms with E-state index in [1.54, 1.807) is 0 Å². The molecule has 0 fully saturated rings. The van der Waals surface area contributed by atoms with Gasteiger partial charge in [0.05, 0.1) is 0 Å². The highest BCUT2D eigenvalue weighted by Gasteiger charge is 2.15. The highest BCUT2D eigenvalue weighted by Crippen LogP contribution is 2.41. The SMILES string of the molecule is O=Cc1c(O)cc(O)c(O)c1O. The van der Waals surface area contributed by atoms with Crippen LogP contribution in [0.1, 0.15) is 10.4 Å². The third-order valence-corrected chi connectivity index (χ3v) is 1.39. The number of phenols is 4. The van der Waals surface area contributed by atoms with E-state index in [-0.39, 0.29) is 6.29 Å². The van der Waals surface area contributed by atoms with E-state index >= 15 is 0 Å². The molecule has 0 heterocycles. The molecule has 12 heavy (non-hydrogen) atoms. The Balaban J connectivity index is 3.51. The summed E-state index contributed by atoms with van der Waals surface area (Å²) in [5.74, 6) is -2.93. The van der Waals surface area contributed by atoms with Crippen LogP contribution >= 0.6 is 0 Å². The fourth-order valence-corrected chi connectivity index (χ4v) is 0.762. The van der Waals surface area contributed by atoms with Crippen LogP contribution in [0.15, 0.2) is 6.07 Å². The molecule has 0 atom stereocenters. The third kappa shape index (κ3) is 1.01. The Labute approximate surface area is 67.1 Å². The molecule has 1 rings (SSSR count). The third-order valence-electron chi connectivity index (χ3n) is 1.39. The second kappa shape index (κ2) is 2.61. The van der Waals surface area contributed by atoms with Gasteiger partial charge in [-0.2, -0.15) is 0 Å². The fraction of sp³-hybridized carbons (Fsp3) is 0. The second-order valence-corrected chi connectivity index (χ2v) is 2.14.